The number of aromatic nitrogens is 3. The molecule has 0 aliphatic heterocycles. The molecule has 2 aromatic heterocycles. The van der Waals surface area contributed by atoms with E-state index < -0.39 is 11.9 Å². The van der Waals surface area contributed by atoms with Crippen molar-refractivity contribution in [2.45, 2.75) is 19.4 Å². The fraction of sp³-hybridized carbons (Fsp3) is 0.172. The topological polar surface area (TPSA) is 62.7 Å². The normalized spacial score (nSPS) is 12.2. The molecule has 2 N–H and O–H groups in total. The van der Waals surface area contributed by atoms with Crippen molar-refractivity contribution in [1.29, 1.82) is 0 Å². The highest BCUT2D eigenvalue weighted by molar-refractivity contribution is 6.11. The number of hydrogen-bond donors (Lipinski definition) is 2. The Morgan fingerprint density at radius 3 is 2.57 bits per heavy atom. The maximum Gasteiger partial charge on any atom is 0.186 e. The highest BCUT2D eigenvalue weighted by Crippen LogP contribution is 2.31. The van der Waals surface area contributed by atoms with E-state index in [0.717, 1.165) is 12.0 Å². The van der Waals surface area contributed by atoms with Gasteiger partial charge in [-0.2, -0.15) is 5.10 Å². The van der Waals surface area contributed by atoms with Crippen LogP contribution in [0.1, 0.15) is 33.1 Å². The number of Topliss-reactive ketones (excluding diaryl/α,β-unsaturated/α-hetero) is 1. The number of fused-ring (bicyclic) bond motifs is 1. The first-order valence-electron chi connectivity index (χ1n) is 11.7. The number of ketones is 1. The lowest BCUT2D eigenvalue weighted by atomic mass is 9.96. The number of hydrogen-bond acceptors (Lipinski definition) is 3. The second kappa shape index (κ2) is 9.68. The number of rotatable bonds is 8. The molecule has 0 saturated carbocycles. The van der Waals surface area contributed by atoms with E-state index >= 15 is 4.39 Å². The molecular weight excluding hydrogens is 439 g/mol. The average molecular weight is 467 g/mol. The number of nitrogens with one attached hydrogen (secondary N) is 2. The molecule has 0 aliphatic carbocycles. The molecule has 0 bridgehead atoms. The molecule has 0 spiro atoms. The number of aryl methyl sites for hydroxylation is 2. The highest BCUT2D eigenvalue weighted by Gasteiger charge is 2.25. The third-order valence-corrected chi connectivity index (χ3v) is 6.35. The van der Waals surface area contributed by atoms with Crippen molar-refractivity contribution < 1.29 is 9.18 Å². The third-order valence-electron chi connectivity index (χ3n) is 6.35. The zero-order valence-corrected chi connectivity index (χ0v) is 19.8. The number of aromatic amines is 1. The number of carbonyl (C=O) groups excluding carboxylic acids is 1. The van der Waals surface area contributed by atoms with Gasteiger partial charge in [-0.05, 0) is 24.5 Å². The van der Waals surface area contributed by atoms with E-state index in [1.807, 2.05) is 30.3 Å². The lowest BCUT2D eigenvalue weighted by Crippen LogP contribution is -2.30. The largest absolute Gasteiger partial charge is 0.358 e. The van der Waals surface area contributed by atoms with Crippen LogP contribution in [-0.4, -0.2) is 27.1 Å². The Morgan fingerprint density at radius 2 is 1.86 bits per heavy atom. The summed E-state index contributed by atoms with van der Waals surface area (Å²) in [5.74, 6) is -0.488. The summed E-state index contributed by atoms with van der Waals surface area (Å²) >= 11 is 0. The average Bonchev–Trinajstić information content (AvgIpc) is 3.50. The van der Waals surface area contributed by atoms with Gasteiger partial charge in [0.15, 0.2) is 11.6 Å². The van der Waals surface area contributed by atoms with E-state index in [0.29, 0.717) is 34.1 Å². The Labute approximate surface area is 203 Å². The Bertz CT molecular complexity index is 1470. The molecule has 0 saturated heterocycles. The van der Waals surface area contributed by atoms with Crippen LogP contribution in [0.5, 0.6) is 0 Å². The highest BCUT2D eigenvalue weighted by atomic mass is 19.1. The van der Waals surface area contributed by atoms with Crippen LogP contribution in [0.3, 0.4) is 0 Å². The maximum atomic E-state index is 15.4. The van der Waals surface area contributed by atoms with Gasteiger partial charge in [0.05, 0.1) is 17.8 Å². The van der Waals surface area contributed by atoms with Crippen molar-refractivity contribution in [3.05, 3.63) is 113 Å². The monoisotopic (exact) mass is 466 g/mol. The molecular formula is C29H27FN4O. The molecule has 5 aromatic rings. The van der Waals surface area contributed by atoms with Crippen molar-refractivity contribution in [3.8, 4) is 11.1 Å². The summed E-state index contributed by atoms with van der Waals surface area (Å²) in [6.07, 6.45) is 5.81. The van der Waals surface area contributed by atoms with Gasteiger partial charge in [-0.25, -0.2) is 4.39 Å². The molecule has 176 valence electrons. The molecule has 0 aliphatic rings. The van der Waals surface area contributed by atoms with Crippen LogP contribution in [0, 0.1) is 12.7 Å². The fourth-order valence-corrected chi connectivity index (χ4v) is 4.43. The van der Waals surface area contributed by atoms with Crippen molar-refractivity contribution in [2.24, 2.45) is 7.05 Å². The van der Waals surface area contributed by atoms with Gasteiger partial charge < -0.3 is 10.3 Å². The second-order valence-electron chi connectivity index (χ2n) is 8.85. The molecule has 0 fully saturated rings. The van der Waals surface area contributed by atoms with Crippen LogP contribution in [0.4, 0.5) is 4.39 Å². The number of H-pyrrole nitrogens is 1. The van der Waals surface area contributed by atoms with Gasteiger partial charge in [-0.3, -0.25) is 9.48 Å². The molecule has 0 radical (unpaired) electrons. The number of halogens is 1. The summed E-state index contributed by atoms with van der Waals surface area (Å²) < 4.78 is 17.0. The molecule has 3 aromatic carbocycles. The zero-order valence-electron chi connectivity index (χ0n) is 19.8. The minimum Gasteiger partial charge on any atom is -0.358 e. The van der Waals surface area contributed by atoms with E-state index in [-0.39, 0.29) is 5.78 Å². The Hall–Kier alpha value is -4.03. The predicted molar refractivity (Wildman–Crippen MR) is 137 cm³/mol. The van der Waals surface area contributed by atoms with Crippen LogP contribution < -0.4 is 5.32 Å². The molecule has 0 amide bonds. The smallest absolute Gasteiger partial charge is 0.186 e. The minimum absolute atomic E-state index is 0.0973. The molecule has 2 heterocycles. The lowest BCUT2D eigenvalue weighted by Gasteiger charge is -2.18. The van der Waals surface area contributed by atoms with Gasteiger partial charge in [0, 0.05) is 48.1 Å². The van der Waals surface area contributed by atoms with Gasteiger partial charge in [0.1, 0.15) is 0 Å². The number of benzene rings is 3. The SMILES string of the molecule is Cc1ccc(CCN[C@H](C(=O)c2c[nH]c3c(F)c(-c4cnn(C)c4)ccc23)c2ccccc2)cc1. The van der Waals surface area contributed by atoms with E-state index in [4.69, 9.17) is 0 Å². The molecule has 0 unspecified atom stereocenters. The van der Waals surface area contributed by atoms with E-state index in [2.05, 4.69) is 46.6 Å². The van der Waals surface area contributed by atoms with Gasteiger partial charge in [0.25, 0.3) is 0 Å². The third kappa shape index (κ3) is 4.66. The van der Waals surface area contributed by atoms with Crippen molar-refractivity contribution in [3.63, 3.8) is 0 Å². The molecule has 6 heteroatoms. The Balaban J connectivity index is 1.44. The van der Waals surface area contributed by atoms with Gasteiger partial charge in [-0.1, -0.05) is 72.3 Å². The van der Waals surface area contributed by atoms with Gasteiger partial charge in [0.2, 0.25) is 0 Å². The van der Waals surface area contributed by atoms with Crippen molar-refractivity contribution >= 4 is 16.7 Å². The quantitative estimate of drug-likeness (QED) is 0.285. The molecule has 1 atom stereocenters. The summed E-state index contributed by atoms with van der Waals surface area (Å²) in [6, 6.07) is 21.0. The van der Waals surface area contributed by atoms with Gasteiger partial charge in [-0.15, -0.1) is 0 Å². The summed E-state index contributed by atoms with van der Waals surface area (Å²) in [4.78, 5) is 16.8. The summed E-state index contributed by atoms with van der Waals surface area (Å²) in [6.45, 7) is 2.70. The molecule has 5 nitrogen and oxygen atoms in total. The first kappa shape index (κ1) is 22.7. The van der Waals surface area contributed by atoms with E-state index in [1.165, 1.54) is 11.1 Å². The fourth-order valence-electron chi connectivity index (χ4n) is 4.43. The summed E-state index contributed by atoms with van der Waals surface area (Å²) in [5, 5.41) is 8.15. The van der Waals surface area contributed by atoms with Crippen LogP contribution >= 0.6 is 0 Å². The maximum absolute atomic E-state index is 15.4. The van der Waals surface area contributed by atoms with Crippen LogP contribution in [0.15, 0.2) is 85.3 Å². The van der Waals surface area contributed by atoms with E-state index in [1.54, 1.807) is 42.5 Å². The van der Waals surface area contributed by atoms with Crippen LogP contribution in [0.2, 0.25) is 0 Å². The van der Waals surface area contributed by atoms with E-state index in [9.17, 15) is 4.79 Å². The lowest BCUT2D eigenvalue weighted by molar-refractivity contribution is 0.0945. The summed E-state index contributed by atoms with van der Waals surface area (Å²) in [5.41, 5.74) is 5.23. The minimum atomic E-state index is -0.540. The number of carbonyl (C=O) groups is 1. The standard InChI is InChI=1S/C29H27FN4O/c1-19-8-10-20(11-9-19)14-15-31-27(21-6-4-3-5-7-21)29(35)25-17-32-28-24(25)13-12-23(26(28)30)22-16-33-34(2)18-22/h3-13,16-18,27,31-32H,14-15H2,1-2H3/t27-/m0/s1. The van der Waals surface area contributed by atoms with Crippen LogP contribution in [-0.2, 0) is 13.5 Å². The first-order valence-corrected chi connectivity index (χ1v) is 11.7. The molecule has 35 heavy (non-hydrogen) atoms. The summed E-state index contributed by atoms with van der Waals surface area (Å²) in [7, 11) is 1.79. The van der Waals surface area contributed by atoms with Crippen LogP contribution in [0.25, 0.3) is 22.0 Å². The number of nitrogens with zero attached hydrogens (tertiary/aromatic N) is 2. The van der Waals surface area contributed by atoms with Crippen molar-refractivity contribution in [1.82, 2.24) is 20.1 Å². The Morgan fingerprint density at radius 1 is 1.09 bits per heavy atom. The Kier molecular flexibility index (Phi) is 6.29. The predicted octanol–water partition coefficient (Wildman–Crippen LogP) is 5.77. The first-order chi connectivity index (χ1) is 17.0. The van der Waals surface area contributed by atoms with Crippen molar-refractivity contribution in [2.75, 3.05) is 6.54 Å². The molecule has 5 rings (SSSR count). The second-order valence-corrected chi connectivity index (χ2v) is 8.85. The van der Waals surface area contributed by atoms with Gasteiger partial charge >= 0.3 is 0 Å². The zero-order chi connectivity index (χ0) is 24.4.